The quantitative estimate of drug-likeness (QED) is 0.636. The highest BCUT2D eigenvalue weighted by atomic mass is 32.2. The van der Waals surface area contributed by atoms with Crippen molar-refractivity contribution < 1.29 is 22.5 Å². The molecular formula is C23H30N4O5S. The van der Waals surface area contributed by atoms with Crippen LogP contribution in [0.25, 0.3) is 0 Å². The van der Waals surface area contributed by atoms with Gasteiger partial charge in [0.05, 0.1) is 12.0 Å². The van der Waals surface area contributed by atoms with Gasteiger partial charge in [-0.15, -0.1) is 0 Å². The molecular weight excluding hydrogens is 444 g/mol. The maximum atomic E-state index is 13.1. The zero-order chi connectivity index (χ0) is 23.8. The number of nitrogens with zero attached hydrogens (tertiary/aromatic N) is 2. The van der Waals surface area contributed by atoms with Gasteiger partial charge in [0.1, 0.15) is 10.6 Å². The van der Waals surface area contributed by atoms with Gasteiger partial charge >= 0.3 is 0 Å². The van der Waals surface area contributed by atoms with Crippen LogP contribution in [0.3, 0.4) is 0 Å². The molecule has 1 aliphatic heterocycles. The van der Waals surface area contributed by atoms with Crippen molar-refractivity contribution >= 4 is 27.5 Å². The van der Waals surface area contributed by atoms with E-state index in [1.807, 2.05) is 31.2 Å². The van der Waals surface area contributed by atoms with Crippen LogP contribution < -0.4 is 10.6 Å². The van der Waals surface area contributed by atoms with E-state index >= 15 is 0 Å². The minimum absolute atomic E-state index is 0.0532. The van der Waals surface area contributed by atoms with Gasteiger partial charge in [0.15, 0.2) is 5.76 Å². The fourth-order valence-electron chi connectivity index (χ4n) is 4.21. The monoisotopic (exact) mass is 474 g/mol. The average molecular weight is 475 g/mol. The lowest BCUT2D eigenvalue weighted by Gasteiger charge is -2.31. The van der Waals surface area contributed by atoms with Gasteiger partial charge in [-0.1, -0.05) is 17.3 Å². The van der Waals surface area contributed by atoms with E-state index in [9.17, 15) is 18.0 Å². The molecule has 0 spiro atoms. The van der Waals surface area contributed by atoms with E-state index in [1.54, 1.807) is 13.8 Å². The van der Waals surface area contributed by atoms with Crippen molar-refractivity contribution in [2.75, 3.05) is 18.4 Å². The number of nitrogens with one attached hydrogen (secondary N) is 2. The average Bonchev–Trinajstić information content (AvgIpc) is 3.58. The first-order chi connectivity index (χ1) is 15.7. The molecule has 2 fully saturated rings. The number of hydrogen-bond donors (Lipinski definition) is 2. The summed E-state index contributed by atoms with van der Waals surface area (Å²) >= 11 is 0. The Balaban J connectivity index is 1.37. The number of hydrogen-bond acceptors (Lipinski definition) is 6. The third kappa shape index (κ3) is 5.11. The standard InChI is InChI=1S/C23H30N4O5S/c1-14(17-8-10-20(11-9-17)25-22(28)18-6-7-18)24-23(29)19-5-4-12-27(13-19)33(30,31)21-15(2)26-32-16(21)3/h8-11,14,18-19H,4-7,12-13H2,1-3H3,(H,24,29)(H,25,28). The minimum atomic E-state index is -3.78. The number of aromatic nitrogens is 1. The summed E-state index contributed by atoms with van der Waals surface area (Å²) in [5.74, 6) is -0.165. The number of sulfonamides is 1. The Bertz CT molecular complexity index is 1120. The van der Waals surface area contributed by atoms with Crippen LogP contribution in [0.15, 0.2) is 33.7 Å². The highest BCUT2D eigenvalue weighted by Gasteiger charge is 2.36. The summed E-state index contributed by atoms with van der Waals surface area (Å²) in [5.41, 5.74) is 1.97. The lowest BCUT2D eigenvalue weighted by Crippen LogP contribution is -2.46. The van der Waals surface area contributed by atoms with Crippen LogP contribution in [-0.4, -0.2) is 42.8 Å². The Morgan fingerprint density at radius 3 is 2.39 bits per heavy atom. The second-order valence-corrected chi connectivity index (χ2v) is 10.8. The molecule has 2 amide bonds. The van der Waals surface area contributed by atoms with Gasteiger partial charge in [-0.05, 0) is 64.2 Å². The Morgan fingerprint density at radius 2 is 1.79 bits per heavy atom. The molecule has 178 valence electrons. The topological polar surface area (TPSA) is 122 Å². The van der Waals surface area contributed by atoms with Crippen LogP contribution in [-0.2, 0) is 19.6 Å². The summed E-state index contributed by atoms with van der Waals surface area (Å²) in [6.45, 7) is 5.54. The van der Waals surface area contributed by atoms with E-state index in [0.29, 0.717) is 25.1 Å². The molecule has 0 radical (unpaired) electrons. The van der Waals surface area contributed by atoms with Crippen LogP contribution in [0.4, 0.5) is 5.69 Å². The van der Waals surface area contributed by atoms with Crippen LogP contribution in [0.2, 0.25) is 0 Å². The predicted molar refractivity (Wildman–Crippen MR) is 122 cm³/mol. The van der Waals surface area contributed by atoms with Gasteiger partial charge < -0.3 is 15.2 Å². The third-order valence-corrected chi connectivity index (χ3v) is 8.42. The van der Waals surface area contributed by atoms with Crippen molar-refractivity contribution in [1.29, 1.82) is 0 Å². The molecule has 2 aromatic rings. The Hall–Kier alpha value is -2.72. The summed E-state index contributed by atoms with van der Waals surface area (Å²) in [7, 11) is -3.78. The van der Waals surface area contributed by atoms with Crippen molar-refractivity contribution in [3.05, 3.63) is 41.3 Å². The molecule has 4 rings (SSSR count). The molecule has 9 nitrogen and oxygen atoms in total. The van der Waals surface area contributed by atoms with E-state index in [1.165, 1.54) is 4.31 Å². The summed E-state index contributed by atoms with van der Waals surface area (Å²) < 4.78 is 32.6. The normalized spacial score (nSPS) is 20.3. The SMILES string of the molecule is Cc1noc(C)c1S(=O)(=O)N1CCCC(C(=O)NC(C)c2ccc(NC(=O)C3CC3)cc2)C1. The molecule has 1 saturated heterocycles. The molecule has 2 heterocycles. The van der Waals surface area contributed by atoms with Gasteiger partial charge in [0, 0.05) is 24.7 Å². The van der Waals surface area contributed by atoms with Crippen molar-refractivity contribution in [2.45, 2.75) is 57.4 Å². The van der Waals surface area contributed by atoms with Crippen molar-refractivity contribution in [2.24, 2.45) is 11.8 Å². The zero-order valence-electron chi connectivity index (χ0n) is 19.1. The van der Waals surface area contributed by atoms with E-state index < -0.39 is 15.9 Å². The Kier molecular flexibility index (Phi) is 6.58. The highest BCUT2D eigenvalue weighted by Crippen LogP contribution is 2.31. The van der Waals surface area contributed by atoms with Crippen LogP contribution in [0.5, 0.6) is 0 Å². The number of anilines is 1. The van der Waals surface area contributed by atoms with Gasteiger partial charge in [-0.2, -0.15) is 4.31 Å². The molecule has 1 aromatic carbocycles. The van der Waals surface area contributed by atoms with Crippen LogP contribution in [0.1, 0.15) is 55.7 Å². The van der Waals surface area contributed by atoms with Gasteiger partial charge in [0.25, 0.3) is 0 Å². The number of amides is 2. The Labute approximate surface area is 193 Å². The summed E-state index contributed by atoms with van der Waals surface area (Å²) in [5, 5.41) is 9.66. The fourth-order valence-corrected chi connectivity index (χ4v) is 6.02. The molecule has 2 aliphatic rings. The summed E-state index contributed by atoms with van der Waals surface area (Å²) in [6.07, 6.45) is 3.12. The molecule has 2 atom stereocenters. The van der Waals surface area contributed by atoms with Crippen LogP contribution in [0, 0.1) is 25.7 Å². The van der Waals surface area contributed by atoms with Crippen LogP contribution >= 0.6 is 0 Å². The highest BCUT2D eigenvalue weighted by molar-refractivity contribution is 7.89. The minimum Gasteiger partial charge on any atom is -0.360 e. The number of aryl methyl sites for hydroxylation is 2. The maximum absolute atomic E-state index is 13.1. The van der Waals surface area contributed by atoms with Crippen molar-refractivity contribution in [3.8, 4) is 0 Å². The van der Waals surface area contributed by atoms with Crippen molar-refractivity contribution in [3.63, 3.8) is 0 Å². The second-order valence-electron chi connectivity index (χ2n) is 8.97. The maximum Gasteiger partial charge on any atom is 0.248 e. The van der Waals surface area contributed by atoms with Gasteiger partial charge in [0.2, 0.25) is 21.8 Å². The van der Waals surface area contributed by atoms with E-state index in [0.717, 1.165) is 24.1 Å². The molecule has 2 N–H and O–H groups in total. The number of carbonyl (C=O) groups is 2. The van der Waals surface area contributed by atoms with Gasteiger partial charge in [-0.3, -0.25) is 9.59 Å². The lowest BCUT2D eigenvalue weighted by atomic mass is 9.98. The largest absolute Gasteiger partial charge is 0.360 e. The summed E-state index contributed by atoms with van der Waals surface area (Å²) in [6, 6.07) is 7.17. The lowest BCUT2D eigenvalue weighted by molar-refractivity contribution is -0.126. The van der Waals surface area contributed by atoms with Gasteiger partial charge in [-0.25, -0.2) is 8.42 Å². The van der Waals surface area contributed by atoms with E-state index in [4.69, 9.17) is 4.52 Å². The first-order valence-corrected chi connectivity index (χ1v) is 12.7. The third-order valence-electron chi connectivity index (χ3n) is 6.31. The molecule has 0 bridgehead atoms. The van der Waals surface area contributed by atoms with E-state index in [-0.39, 0.29) is 41.0 Å². The number of benzene rings is 1. The van der Waals surface area contributed by atoms with E-state index in [2.05, 4.69) is 15.8 Å². The molecule has 1 aliphatic carbocycles. The molecule has 1 aromatic heterocycles. The molecule has 1 saturated carbocycles. The first kappa shape index (κ1) is 23.4. The molecule has 10 heteroatoms. The fraction of sp³-hybridized carbons (Fsp3) is 0.522. The van der Waals surface area contributed by atoms with Crippen molar-refractivity contribution in [1.82, 2.24) is 14.8 Å². The second kappa shape index (κ2) is 9.26. The molecule has 33 heavy (non-hydrogen) atoms. The zero-order valence-corrected chi connectivity index (χ0v) is 19.9. The smallest absolute Gasteiger partial charge is 0.248 e. The number of carbonyl (C=O) groups excluding carboxylic acids is 2. The first-order valence-electron chi connectivity index (χ1n) is 11.3. The predicted octanol–water partition coefficient (Wildman–Crippen LogP) is 2.92. The number of piperidine rings is 1. The Morgan fingerprint density at radius 1 is 1.09 bits per heavy atom. The number of rotatable bonds is 7. The summed E-state index contributed by atoms with van der Waals surface area (Å²) in [4.78, 5) is 24.9. The molecule has 2 unspecified atom stereocenters.